The number of hydrogen-bond acceptors (Lipinski definition) is 2. The maximum absolute atomic E-state index is 5.30. The van der Waals surface area contributed by atoms with Crippen LogP contribution in [0.5, 0.6) is 0 Å². The quantitative estimate of drug-likeness (QED) is 0.189. The molecule has 3 aromatic heterocycles. The summed E-state index contributed by atoms with van der Waals surface area (Å²) in [7, 11) is 0. The van der Waals surface area contributed by atoms with E-state index in [1.807, 2.05) is 0 Å². The van der Waals surface area contributed by atoms with Gasteiger partial charge in [0.25, 0.3) is 0 Å². The zero-order chi connectivity index (χ0) is 33.9. The lowest BCUT2D eigenvalue weighted by atomic mass is 10.00. The molecule has 52 heavy (non-hydrogen) atoms. The molecule has 12 rings (SSSR count). The molecule has 0 N–H and O–H groups in total. The van der Waals surface area contributed by atoms with E-state index < -0.39 is 0 Å². The molecule has 0 atom stereocenters. The molecule has 4 nitrogen and oxygen atoms in total. The Morgan fingerprint density at radius 3 is 1.88 bits per heavy atom. The highest BCUT2D eigenvalue weighted by molar-refractivity contribution is 6.19. The van der Waals surface area contributed by atoms with Crippen molar-refractivity contribution in [2.75, 3.05) is 0 Å². The summed E-state index contributed by atoms with van der Waals surface area (Å²) in [4.78, 5) is 10.5. The molecular weight excluding hydrogens is 633 g/mol. The van der Waals surface area contributed by atoms with Crippen LogP contribution in [0.4, 0.5) is 0 Å². The van der Waals surface area contributed by atoms with Crippen molar-refractivity contribution in [2.24, 2.45) is 0 Å². The second-order valence-electron chi connectivity index (χ2n) is 13.8. The lowest BCUT2D eigenvalue weighted by molar-refractivity contribution is 1.02. The van der Waals surface area contributed by atoms with Gasteiger partial charge in [-0.25, -0.2) is 9.97 Å². The van der Waals surface area contributed by atoms with E-state index in [0.717, 1.165) is 38.9 Å². The monoisotopic (exact) mass is 660 g/mol. The van der Waals surface area contributed by atoms with Gasteiger partial charge in [-0.2, -0.15) is 0 Å². The molecule has 240 valence electrons. The maximum atomic E-state index is 5.30. The van der Waals surface area contributed by atoms with Crippen molar-refractivity contribution in [1.29, 1.82) is 0 Å². The normalized spacial score (nSPS) is 12.2. The van der Waals surface area contributed by atoms with Gasteiger partial charge in [0.15, 0.2) is 0 Å². The summed E-state index contributed by atoms with van der Waals surface area (Å²) in [5, 5.41) is 8.49. The second-order valence-corrected chi connectivity index (χ2v) is 13.8. The van der Waals surface area contributed by atoms with Crippen molar-refractivity contribution in [1.82, 2.24) is 19.1 Å². The highest BCUT2D eigenvalue weighted by Crippen LogP contribution is 2.46. The van der Waals surface area contributed by atoms with Gasteiger partial charge in [0.2, 0.25) is 5.95 Å². The minimum atomic E-state index is 0.692. The molecule has 1 aliphatic carbocycles. The van der Waals surface area contributed by atoms with Gasteiger partial charge in [-0.3, -0.25) is 4.57 Å². The zero-order valence-corrected chi connectivity index (χ0v) is 28.0. The fourth-order valence-corrected chi connectivity index (χ4v) is 8.79. The van der Waals surface area contributed by atoms with Crippen molar-refractivity contribution in [3.63, 3.8) is 0 Å². The number of aromatic nitrogens is 4. The summed E-state index contributed by atoms with van der Waals surface area (Å²) < 4.78 is 4.66. The van der Waals surface area contributed by atoms with E-state index >= 15 is 0 Å². The largest absolute Gasteiger partial charge is 0.309 e. The third kappa shape index (κ3) is 3.70. The summed E-state index contributed by atoms with van der Waals surface area (Å²) in [5.74, 6) is 0.692. The van der Waals surface area contributed by atoms with Crippen molar-refractivity contribution in [2.45, 2.75) is 0 Å². The van der Waals surface area contributed by atoms with E-state index in [9.17, 15) is 0 Å². The standard InChI is InChI=1S/C48H28N4/c1-2-12-32(13-3-1)51-43-25-22-31(28-40(43)38-24-21-29-11-4-5-14-33(29)47(38)51)30-23-26-44-39(27-30)35-16-8-9-20-42(35)52(44)48-49-41-19-10-18-36-34-15-6-7-17-37(34)46(50-48)45(36)41/h1-28H. The summed E-state index contributed by atoms with van der Waals surface area (Å²) >= 11 is 0. The fourth-order valence-electron chi connectivity index (χ4n) is 8.79. The molecule has 0 radical (unpaired) electrons. The van der Waals surface area contributed by atoms with Gasteiger partial charge in [0, 0.05) is 43.6 Å². The number of benzene rings is 8. The van der Waals surface area contributed by atoms with Crippen molar-refractivity contribution < 1.29 is 0 Å². The Labute approximate surface area is 298 Å². The van der Waals surface area contributed by atoms with E-state index in [1.54, 1.807) is 0 Å². The predicted octanol–water partition coefficient (Wildman–Crippen LogP) is 12.3. The van der Waals surface area contributed by atoms with Crippen LogP contribution in [0, 0.1) is 0 Å². The molecule has 0 saturated carbocycles. The first kappa shape index (κ1) is 27.7. The van der Waals surface area contributed by atoms with Crippen LogP contribution in [0.3, 0.4) is 0 Å². The average molecular weight is 661 g/mol. The van der Waals surface area contributed by atoms with E-state index in [0.29, 0.717) is 5.95 Å². The smallest absolute Gasteiger partial charge is 0.235 e. The van der Waals surface area contributed by atoms with E-state index in [-0.39, 0.29) is 0 Å². The molecule has 0 amide bonds. The van der Waals surface area contributed by atoms with E-state index in [4.69, 9.17) is 9.97 Å². The van der Waals surface area contributed by atoms with Crippen molar-refractivity contribution in [3.8, 4) is 45.1 Å². The number of hydrogen-bond donors (Lipinski definition) is 0. The molecule has 8 aromatic carbocycles. The average Bonchev–Trinajstić information content (AvgIpc) is 3.84. The van der Waals surface area contributed by atoms with Gasteiger partial charge in [-0.05, 0) is 76.2 Å². The topological polar surface area (TPSA) is 35.6 Å². The molecule has 0 bridgehead atoms. The Bertz CT molecular complexity index is 3290. The summed E-state index contributed by atoms with van der Waals surface area (Å²) in [6.07, 6.45) is 0. The van der Waals surface area contributed by atoms with Crippen LogP contribution in [0.25, 0.3) is 110 Å². The third-order valence-electron chi connectivity index (χ3n) is 11.1. The molecule has 0 saturated heterocycles. The van der Waals surface area contributed by atoms with Crippen LogP contribution in [-0.2, 0) is 0 Å². The summed E-state index contributed by atoms with van der Waals surface area (Å²) in [6.45, 7) is 0. The highest BCUT2D eigenvalue weighted by Gasteiger charge is 2.25. The van der Waals surface area contributed by atoms with Crippen LogP contribution in [0.2, 0.25) is 0 Å². The van der Waals surface area contributed by atoms with Crippen LogP contribution in [0.15, 0.2) is 170 Å². The Morgan fingerprint density at radius 1 is 0.385 bits per heavy atom. The number of rotatable bonds is 3. The van der Waals surface area contributed by atoms with Gasteiger partial charge in [0.1, 0.15) is 0 Å². The lowest BCUT2D eigenvalue weighted by Crippen LogP contribution is -2.02. The molecule has 3 heterocycles. The first-order valence-corrected chi connectivity index (χ1v) is 17.8. The van der Waals surface area contributed by atoms with Crippen LogP contribution in [0.1, 0.15) is 0 Å². The molecule has 0 fully saturated rings. The summed E-state index contributed by atoms with van der Waals surface area (Å²) in [6, 6.07) is 61.3. The predicted molar refractivity (Wildman–Crippen MR) is 216 cm³/mol. The molecule has 0 unspecified atom stereocenters. The molecular formula is C48H28N4. The molecule has 1 aliphatic rings. The Hall–Kier alpha value is -7.04. The molecule has 0 aliphatic heterocycles. The van der Waals surface area contributed by atoms with Crippen molar-refractivity contribution in [3.05, 3.63) is 170 Å². The van der Waals surface area contributed by atoms with Gasteiger partial charge in [-0.1, -0.05) is 121 Å². The van der Waals surface area contributed by atoms with Gasteiger partial charge >= 0.3 is 0 Å². The van der Waals surface area contributed by atoms with Gasteiger partial charge in [-0.15, -0.1) is 0 Å². The number of para-hydroxylation sites is 2. The summed E-state index contributed by atoms with van der Waals surface area (Å²) in [5.41, 5.74) is 13.7. The van der Waals surface area contributed by atoms with Gasteiger partial charge in [0.05, 0.1) is 33.3 Å². The second kappa shape index (κ2) is 10.3. The van der Waals surface area contributed by atoms with Gasteiger partial charge < -0.3 is 4.57 Å². The van der Waals surface area contributed by atoms with E-state index in [1.165, 1.54) is 65.6 Å². The number of fused-ring (bicyclic) bond motifs is 11. The minimum absolute atomic E-state index is 0.692. The first-order valence-electron chi connectivity index (χ1n) is 17.8. The lowest BCUT2D eigenvalue weighted by Gasteiger charge is -2.10. The van der Waals surface area contributed by atoms with Crippen LogP contribution in [-0.4, -0.2) is 19.1 Å². The number of nitrogens with zero attached hydrogens (tertiary/aromatic N) is 4. The Morgan fingerprint density at radius 2 is 1.04 bits per heavy atom. The van der Waals surface area contributed by atoms with Crippen LogP contribution >= 0.6 is 0 Å². The first-order chi connectivity index (χ1) is 25.8. The van der Waals surface area contributed by atoms with Crippen LogP contribution < -0.4 is 0 Å². The highest BCUT2D eigenvalue weighted by atomic mass is 15.2. The SMILES string of the molecule is c1ccc(-n2c3ccc(-c4ccc5c(c4)c4ccccc4n5-c4nc5c6c(cccc6n4)-c4ccccc4-5)cc3c3ccc4ccccc4c32)cc1. The fraction of sp³-hybridized carbons (Fsp3) is 0. The molecule has 0 spiro atoms. The third-order valence-corrected chi connectivity index (χ3v) is 11.1. The molecule has 11 aromatic rings. The Balaban J connectivity index is 1.08. The zero-order valence-electron chi connectivity index (χ0n) is 28.0. The maximum Gasteiger partial charge on any atom is 0.235 e. The van der Waals surface area contributed by atoms with Crippen molar-refractivity contribution >= 4 is 65.3 Å². The molecule has 4 heteroatoms. The Kier molecular flexibility index (Phi) is 5.47. The van der Waals surface area contributed by atoms with E-state index in [2.05, 4.69) is 179 Å². The minimum Gasteiger partial charge on any atom is -0.309 e.